The van der Waals surface area contributed by atoms with E-state index in [2.05, 4.69) is 6.92 Å². The van der Waals surface area contributed by atoms with Gasteiger partial charge in [-0.15, -0.1) is 11.6 Å². The van der Waals surface area contributed by atoms with Crippen LogP contribution < -0.4 is 0 Å². The molecule has 3 heteroatoms. The molecule has 0 bridgehead atoms. The summed E-state index contributed by atoms with van der Waals surface area (Å²) in [5.74, 6) is -0.178. The van der Waals surface area contributed by atoms with Crippen LogP contribution in [0.15, 0.2) is 0 Å². The van der Waals surface area contributed by atoms with Gasteiger partial charge in [0.05, 0.1) is 13.0 Å². The van der Waals surface area contributed by atoms with Crippen molar-refractivity contribution < 1.29 is 9.53 Å². The van der Waals surface area contributed by atoms with Crippen LogP contribution in [-0.4, -0.2) is 18.0 Å². The fraction of sp³-hybridized carbons (Fsp3) is 0.909. The van der Waals surface area contributed by atoms with Crippen LogP contribution >= 0.6 is 11.6 Å². The number of rotatable bonds is 8. The van der Waals surface area contributed by atoms with Crippen molar-refractivity contribution in [3.05, 3.63) is 0 Å². The second-order valence-corrected chi connectivity index (χ2v) is 4.36. The van der Waals surface area contributed by atoms with Crippen LogP contribution in [0.3, 0.4) is 0 Å². The SMILES string of the molecule is CCCCCCCOC(=O)CC(C)Cl. The van der Waals surface area contributed by atoms with Crippen LogP contribution in [0.2, 0.25) is 0 Å². The molecule has 0 aliphatic carbocycles. The molecule has 0 aromatic heterocycles. The summed E-state index contributed by atoms with van der Waals surface area (Å²) in [6.45, 7) is 4.53. The van der Waals surface area contributed by atoms with Gasteiger partial charge in [-0.25, -0.2) is 0 Å². The number of hydrogen-bond donors (Lipinski definition) is 0. The number of carbonyl (C=O) groups excluding carboxylic acids is 1. The van der Waals surface area contributed by atoms with E-state index in [0.29, 0.717) is 13.0 Å². The molecule has 1 atom stereocenters. The molecule has 0 aromatic rings. The maximum absolute atomic E-state index is 11.0. The highest BCUT2D eigenvalue weighted by molar-refractivity contribution is 6.21. The molecule has 0 rings (SSSR count). The van der Waals surface area contributed by atoms with Gasteiger partial charge in [-0.2, -0.15) is 0 Å². The lowest BCUT2D eigenvalue weighted by Gasteiger charge is -2.05. The van der Waals surface area contributed by atoms with Gasteiger partial charge in [0.15, 0.2) is 0 Å². The molecule has 0 N–H and O–H groups in total. The number of halogens is 1. The highest BCUT2D eigenvalue weighted by atomic mass is 35.5. The van der Waals surface area contributed by atoms with Gasteiger partial charge in [0.2, 0.25) is 0 Å². The van der Waals surface area contributed by atoms with Crippen LogP contribution in [0.25, 0.3) is 0 Å². The predicted molar refractivity (Wildman–Crippen MR) is 59.7 cm³/mol. The van der Waals surface area contributed by atoms with Gasteiger partial charge >= 0.3 is 5.97 Å². The highest BCUT2D eigenvalue weighted by Crippen LogP contribution is 2.04. The maximum Gasteiger partial charge on any atom is 0.307 e. The Kier molecular flexibility index (Phi) is 9.16. The van der Waals surface area contributed by atoms with Crippen LogP contribution in [0.5, 0.6) is 0 Å². The van der Waals surface area contributed by atoms with Gasteiger partial charge in [0.25, 0.3) is 0 Å². The van der Waals surface area contributed by atoms with Gasteiger partial charge in [0, 0.05) is 5.38 Å². The van der Waals surface area contributed by atoms with Crippen molar-refractivity contribution >= 4 is 17.6 Å². The van der Waals surface area contributed by atoms with Crippen LogP contribution in [0.1, 0.15) is 52.4 Å². The quantitative estimate of drug-likeness (QED) is 0.356. The van der Waals surface area contributed by atoms with E-state index in [1.807, 2.05) is 0 Å². The molecule has 0 aliphatic rings. The molecule has 0 saturated heterocycles. The third-order valence-corrected chi connectivity index (χ3v) is 2.11. The topological polar surface area (TPSA) is 26.3 Å². The average molecular weight is 221 g/mol. The van der Waals surface area contributed by atoms with E-state index < -0.39 is 0 Å². The largest absolute Gasteiger partial charge is 0.466 e. The Labute approximate surface area is 92.0 Å². The molecule has 0 saturated carbocycles. The Morgan fingerprint density at radius 1 is 1.29 bits per heavy atom. The number of ether oxygens (including phenoxy) is 1. The third kappa shape index (κ3) is 9.85. The number of unbranched alkanes of at least 4 members (excludes halogenated alkanes) is 4. The van der Waals surface area contributed by atoms with E-state index in [-0.39, 0.29) is 11.3 Å². The molecular formula is C11H21ClO2. The van der Waals surface area contributed by atoms with Crippen molar-refractivity contribution in [3.8, 4) is 0 Å². The summed E-state index contributed by atoms with van der Waals surface area (Å²) in [4.78, 5) is 11.0. The number of esters is 1. The summed E-state index contributed by atoms with van der Waals surface area (Å²) >= 11 is 5.65. The zero-order valence-electron chi connectivity index (χ0n) is 9.22. The molecule has 0 fully saturated rings. The number of hydrogen-bond acceptors (Lipinski definition) is 2. The predicted octanol–water partition coefficient (Wildman–Crippen LogP) is 3.52. The van der Waals surface area contributed by atoms with Crippen molar-refractivity contribution in [3.63, 3.8) is 0 Å². The first-order valence-electron chi connectivity index (χ1n) is 5.46. The first-order valence-corrected chi connectivity index (χ1v) is 5.90. The van der Waals surface area contributed by atoms with Crippen molar-refractivity contribution in [1.29, 1.82) is 0 Å². The summed E-state index contributed by atoms with van der Waals surface area (Å²) < 4.78 is 5.01. The summed E-state index contributed by atoms with van der Waals surface area (Å²) in [6, 6.07) is 0. The Bertz CT molecular complexity index is 146. The Hall–Kier alpha value is -0.240. The fourth-order valence-electron chi connectivity index (χ4n) is 1.18. The van der Waals surface area contributed by atoms with Gasteiger partial charge in [0.1, 0.15) is 0 Å². The Morgan fingerprint density at radius 2 is 1.93 bits per heavy atom. The smallest absolute Gasteiger partial charge is 0.307 e. The fourth-order valence-corrected chi connectivity index (χ4v) is 1.31. The van der Waals surface area contributed by atoms with Gasteiger partial charge in [-0.3, -0.25) is 4.79 Å². The van der Waals surface area contributed by atoms with Gasteiger partial charge in [-0.05, 0) is 13.3 Å². The molecular weight excluding hydrogens is 200 g/mol. The van der Waals surface area contributed by atoms with Crippen molar-refractivity contribution in [2.45, 2.75) is 57.7 Å². The van der Waals surface area contributed by atoms with Crippen molar-refractivity contribution in [2.24, 2.45) is 0 Å². The van der Waals surface area contributed by atoms with Crippen molar-refractivity contribution in [1.82, 2.24) is 0 Å². The summed E-state index contributed by atoms with van der Waals surface area (Å²) in [7, 11) is 0. The molecule has 1 unspecified atom stereocenters. The zero-order valence-corrected chi connectivity index (χ0v) is 9.98. The molecule has 0 spiro atoms. The van der Waals surface area contributed by atoms with E-state index in [0.717, 1.165) is 12.8 Å². The lowest BCUT2D eigenvalue weighted by Crippen LogP contribution is -2.10. The molecule has 0 heterocycles. The van der Waals surface area contributed by atoms with Gasteiger partial charge in [-0.1, -0.05) is 32.6 Å². The Morgan fingerprint density at radius 3 is 2.50 bits per heavy atom. The monoisotopic (exact) mass is 220 g/mol. The molecule has 0 amide bonds. The molecule has 84 valence electrons. The van der Waals surface area contributed by atoms with Crippen molar-refractivity contribution in [2.75, 3.05) is 6.61 Å². The minimum atomic E-state index is -0.178. The third-order valence-electron chi connectivity index (χ3n) is 1.96. The molecule has 14 heavy (non-hydrogen) atoms. The minimum absolute atomic E-state index is 0.123. The average Bonchev–Trinajstić information content (AvgIpc) is 2.10. The minimum Gasteiger partial charge on any atom is -0.466 e. The summed E-state index contributed by atoms with van der Waals surface area (Å²) in [5, 5.41) is -0.123. The van der Waals surface area contributed by atoms with Crippen LogP contribution in [0.4, 0.5) is 0 Å². The first-order chi connectivity index (χ1) is 6.66. The Balaban J connectivity index is 3.15. The zero-order chi connectivity index (χ0) is 10.8. The van der Waals surface area contributed by atoms with E-state index in [9.17, 15) is 4.79 Å². The van der Waals surface area contributed by atoms with E-state index in [4.69, 9.17) is 16.3 Å². The van der Waals surface area contributed by atoms with E-state index in [1.165, 1.54) is 19.3 Å². The molecule has 0 aliphatic heterocycles. The summed E-state index contributed by atoms with van der Waals surface area (Å²) in [6.07, 6.45) is 6.19. The molecule has 0 aromatic carbocycles. The standard InChI is InChI=1S/C11H21ClO2/c1-3-4-5-6-7-8-14-11(13)9-10(2)12/h10H,3-9H2,1-2H3. The first kappa shape index (κ1) is 13.8. The summed E-state index contributed by atoms with van der Waals surface area (Å²) in [5.41, 5.74) is 0. The highest BCUT2D eigenvalue weighted by Gasteiger charge is 2.06. The molecule has 2 nitrogen and oxygen atoms in total. The lowest BCUT2D eigenvalue weighted by atomic mass is 10.2. The van der Waals surface area contributed by atoms with Crippen LogP contribution in [0, 0.1) is 0 Å². The normalized spacial score (nSPS) is 12.5. The van der Waals surface area contributed by atoms with E-state index in [1.54, 1.807) is 6.92 Å². The van der Waals surface area contributed by atoms with Crippen LogP contribution in [-0.2, 0) is 9.53 Å². The molecule has 0 radical (unpaired) electrons. The van der Waals surface area contributed by atoms with Gasteiger partial charge < -0.3 is 4.74 Å². The second-order valence-electron chi connectivity index (χ2n) is 3.62. The number of alkyl halides is 1. The second kappa shape index (κ2) is 9.32. The number of carbonyl (C=O) groups is 1. The van der Waals surface area contributed by atoms with E-state index >= 15 is 0 Å². The maximum atomic E-state index is 11.0. The lowest BCUT2D eigenvalue weighted by molar-refractivity contribution is -0.143.